The molecule has 2 nitrogen and oxygen atoms in total. The van der Waals surface area contributed by atoms with Gasteiger partial charge in [-0.3, -0.25) is 0 Å². The highest BCUT2D eigenvalue weighted by molar-refractivity contribution is 5.84. The second kappa shape index (κ2) is 6.72. The molecule has 0 heterocycles. The van der Waals surface area contributed by atoms with Crippen LogP contribution >= 0.6 is 0 Å². The van der Waals surface area contributed by atoms with Crippen LogP contribution in [0, 0.1) is 0 Å². The first kappa shape index (κ1) is 16.5. The summed E-state index contributed by atoms with van der Waals surface area (Å²) in [6.45, 7) is 4.06. The lowest BCUT2D eigenvalue weighted by atomic mass is 10.1. The predicted molar refractivity (Wildman–Crippen MR) is 108 cm³/mol. The number of hydrogen-bond acceptors (Lipinski definition) is 2. The van der Waals surface area contributed by atoms with E-state index in [9.17, 15) is 0 Å². The summed E-state index contributed by atoms with van der Waals surface area (Å²) < 4.78 is 12.5. The smallest absolute Gasteiger partial charge is 0.248 e. The van der Waals surface area contributed by atoms with Crippen molar-refractivity contribution in [3.63, 3.8) is 0 Å². The first-order chi connectivity index (χ1) is 12.6. The summed E-state index contributed by atoms with van der Waals surface area (Å²) >= 11 is 0. The zero-order valence-corrected chi connectivity index (χ0v) is 15.1. The number of rotatable bonds is 5. The van der Waals surface area contributed by atoms with Crippen LogP contribution in [0.25, 0.3) is 21.5 Å². The van der Waals surface area contributed by atoms with Crippen molar-refractivity contribution in [3.8, 4) is 11.5 Å². The molecule has 0 saturated heterocycles. The Morgan fingerprint density at radius 2 is 1.04 bits per heavy atom. The summed E-state index contributed by atoms with van der Waals surface area (Å²) in [6, 6.07) is 28.8. The van der Waals surface area contributed by atoms with Crippen LogP contribution in [-0.2, 0) is 0 Å². The number of hydrogen-bond donors (Lipinski definition) is 0. The molecule has 0 aromatic heterocycles. The Hall–Kier alpha value is -3.00. The van der Waals surface area contributed by atoms with Crippen molar-refractivity contribution in [2.24, 2.45) is 0 Å². The highest BCUT2D eigenvalue weighted by Crippen LogP contribution is 2.29. The average molecular weight is 342 g/mol. The van der Waals surface area contributed by atoms with Gasteiger partial charge in [0.15, 0.2) is 0 Å². The van der Waals surface area contributed by atoms with E-state index in [0.717, 1.165) is 28.7 Å². The van der Waals surface area contributed by atoms with Crippen molar-refractivity contribution in [2.75, 3.05) is 0 Å². The molecule has 2 heteroatoms. The Kier molecular flexibility index (Phi) is 4.26. The molecule has 0 fully saturated rings. The topological polar surface area (TPSA) is 18.5 Å². The van der Waals surface area contributed by atoms with E-state index in [0.29, 0.717) is 0 Å². The molecule has 0 atom stereocenters. The minimum Gasteiger partial charge on any atom is -0.453 e. The van der Waals surface area contributed by atoms with Gasteiger partial charge in [0.25, 0.3) is 0 Å². The Labute approximate surface area is 154 Å². The molecule has 130 valence electrons. The fourth-order valence-corrected chi connectivity index (χ4v) is 3.13. The molecule has 0 bridgehead atoms. The maximum atomic E-state index is 6.25. The molecule has 0 saturated carbocycles. The first-order valence-electron chi connectivity index (χ1n) is 9.01. The van der Waals surface area contributed by atoms with Crippen molar-refractivity contribution in [3.05, 3.63) is 84.9 Å². The zero-order valence-electron chi connectivity index (χ0n) is 15.1. The number of benzene rings is 4. The molecular weight excluding hydrogens is 320 g/mol. The van der Waals surface area contributed by atoms with Gasteiger partial charge in [0.1, 0.15) is 11.5 Å². The zero-order chi connectivity index (χ0) is 18.0. The summed E-state index contributed by atoms with van der Waals surface area (Å²) in [6.07, 6.45) is 0.729. The van der Waals surface area contributed by atoms with E-state index in [4.69, 9.17) is 9.47 Å². The van der Waals surface area contributed by atoms with Crippen molar-refractivity contribution in [1.29, 1.82) is 0 Å². The van der Waals surface area contributed by atoms with Crippen LogP contribution in [0.2, 0.25) is 0 Å². The lowest BCUT2D eigenvalue weighted by Gasteiger charge is -2.30. The lowest BCUT2D eigenvalue weighted by Crippen LogP contribution is -2.38. The van der Waals surface area contributed by atoms with E-state index >= 15 is 0 Å². The van der Waals surface area contributed by atoms with E-state index in [-0.39, 0.29) is 0 Å². The van der Waals surface area contributed by atoms with Crippen LogP contribution in [0.5, 0.6) is 11.5 Å². The highest BCUT2D eigenvalue weighted by Gasteiger charge is 2.26. The van der Waals surface area contributed by atoms with Crippen LogP contribution in [0.15, 0.2) is 84.9 Å². The van der Waals surface area contributed by atoms with Crippen LogP contribution in [-0.4, -0.2) is 5.79 Å². The molecule has 26 heavy (non-hydrogen) atoms. The highest BCUT2D eigenvalue weighted by atomic mass is 16.7. The van der Waals surface area contributed by atoms with Gasteiger partial charge >= 0.3 is 0 Å². The van der Waals surface area contributed by atoms with Crippen LogP contribution < -0.4 is 9.47 Å². The minimum atomic E-state index is -0.731. The first-order valence-corrected chi connectivity index (χ1v) is 9.01. The fraction of sp³-hybridized carbons (Fsp3) is 0.167. The molecule has 0 aliphatic carbocycles. The summed E-state index contributed by atoms with van der Waals surface area (Å²) in [5.74, 6) is 0.896. The Bertz CT molecular complexity index is 971. The lowest BCUT2D eigenvalue weighted by molar-refractivity contribution is -0.0997. The molecule has 0 spiro atoms. The van der Waals surface area contributed by atoms with Gasteiger partial charge in [0, 0.05) is 13.3 Å². The van der Waals surface area contributed by atoms with E-state index in [1.165, 1.54) is 10.8 Å². The third kappa shape index (κ3) is 3.36. The van der Waals surface area contributed by atoms with Gasteiger partial charge in [-0.15, -0.1) is 0 Å². The third-order valence-electron chi connectivity index (χ3n) is 4.75. The fourth-order valence-electron chi connectivity index (χ4n) is 3.13. The number of ether oxygens (including phenoxy) is 2. The third-order valence-corrected chi connectivity index (χ3v) is 4.75. The molecule has 0 aliphatic heterocycles. The summed E-state index contributed by atoms with van der Waals surface area (Å²) in [4.78, 5) is 0. The van der Waals surface area contributed by atoms with Crippen molar-refractivity contribution in [1.82, 2.24) is 0 Å². The maximum absolute atomic E-state index is 6.25. The summed E-state index contributed by atoms with van der Waals surface area (Å²) in [7, 11) is 0. The Balaban J connectivity index is 1.60. The molecule has 4 rings (SSSR count). The van der Waals surface area contributed by atoms with E-state index in [2.05, 4.69) is 55.5 Å². The maximum Gasteiger partial charge on any atom is 0.248 e. The van der Waals surface area contributed by atoms with Crippen LogP contribution in [0.1, 0.15) is 20.3 Å². The predicted octanol–water partition coefficient (Wildman–Crippen LogP) is 6.58. The van der Waals surface area contributed by atoms with Gasteiger partial charge in [-0.05, 0) is 45.8 Å². The standard InChI is InChI=1S/C24H22O2/c1-3-24(2,25-22-14-12-18-8-4-6-10-20(18)16-22)26-23-15-13-19-9-5-7-11-21(19)17-23/h4-17H,3H2,1-2H3. The minimum absolute atomic E-state index is 0.729. The van der Waals surface area contributed by atoms with Gasteiger partial charge < -0.3 is 9.47 Å². The monoisotopic (exact) mass is 342 g/mol. The van der Waals surface area contributed by atoms with Crippen LogP contribution in [0.4, 0.5) is 0 Å². The molecule has 0 unspecified atom stereocenters. The second-order valence-corrected chi connectivity index (χ2v) is 6.71. The normalized spacial score (nSPS) is 11.6. The number of fused-ring (bicyclic) bond motifs is 2. The van der Waals surface area contributed by atoms with Gasteiger partial charge in [-0.25, -0.2) is 0 Å². The van der Waals surface area contributed by atoms with Gasteiger partial charge in [0.05, 0.1) is 0 Å². The van der Waals surface area contributed by atoms with E-state index < -0.39 is 5.79 Å². The quantitative estimate of drug-likeness (QED) is 0.382. The van der Waals surface area contributed by atoms with Gasteiger partial charge in [-0.2, -0.15) is 0 Å². The molecule has 0 N–H and O–H groups in total. The summed E-state index contributed by atoms with van der Waals surface area (Å²) in [5, 5.41) is 4.73. The second-order valence-electron chi connectivity index (χ2n) is 6.71. The average Bonchev–Trinajstić information content (AvgIpc) is 2.68. The van der Waals surface area contributed by atoms with Crippen molar-refractivity contribution < 1.29 is 9.47 Å². The molecule has 0 radical (unpaired) electrons. The van der Waals surface area contributed by atoms with Gasteiger partial charge in [-0.1, -0.05) is 67.6 Å². The molecule has 0 amide bonds. The Morgan fingerprint density at radius 3 is 1.46 bits per heavy atom. The molecule has 0 aliphatic rings. The molecule has 4 aromatic rings. The summed E-state index contributed by atoms with van der Waals surface area (Å²) in [5.41, 5.74) is 0. The van der Waals surface area contributed by atoms with Crippen LogP contribution in [0.3, 0.4) is 0 Å². The molecular formula is C24H22O2. The Morgan fingerprint density at radius 1 is 0.615 bits per heavy atom. The molecule has 4 aromatic carbocycles. The SMILES string of the molecule is CCC(C)(Oc1ccc2ccccc2c1)Oc1ccc2ccccc2c1. The van der Waals surface area contributed by atoms with Crippen molar-refractivity contribution in [2.45, 2.75) is 26.1 Å². The van der Waals surface area contributed by atoms with E-state index in [1.807, 2.05) is 43.3 Å². The largest absolute Gasteiger partial charge is 0.453 e. The van der Waals surface area contributed by atoms with Crippen molar-refractivity contribution >= 4 is 21.5 Å². The van der Waals surface area contributed by atoms with E-state index in [1.54, 1.807) is 0 Å². The van der Waals surface area contributed by atoms with Gasteiger partial charge in [0.2, 0.25) is 5.79 Å².